The van der Waals surface area contributed by atoms with Gasteiger partial charge in [-0.2, -0.15) is 0 Å². The maximum absolute atomic E-state index is 8.61. The Hall–Kier alpha value is -0.280. The van der Waals surface area contributed by atoms with Crippen LogP contribution in [0.15, 0.2) is 0 Å². The molecule has 1 saturated carbocycles. The first-order chi connectivity index (χ1) is 3.71. The van der Waals surface area contributed by atoms with E-state index < -0.39 is 0 Å². The van der Waals surface area contributed by atoms with Crippen LogP contribution in [-0.2, 0) is 0 Å². The van der Waals surface area contributed by atoms with Crippen LogP contribution in [0.4, 0.5) is 0 Å². The summed E-state index contributed by atoms with van der Waals surface area (Å²) in [5, 5.41) is 15.6. The number of hydrogen-bond acceptors (Lipinski definition) is 2. The van der Waals surface area contributed by atoms with Crippen LogP contribution in [0.2, 0.25) is 0 Å². The van der Waals surface area contributed by atoms with Crippen LogP contribution >= 0.6 is 12.4 Å². The van der Waals surface area contributed by atoms with E-state index in [4.69, 9.17) is 16.2 Å². The predicted molar refractivity (Wildman–Crippen MR) is 37.9 cm³/mol. The molecule has 54 valence electrons. The van der Waals surface area contributed by atoms with E-state index in [9.17, 15) is 0 Å². The third-order valence-corrected chi connectivity index (χ3v) is 1.73. The molecule has 0 heterocycles. The van der Waals surface area contributed by atoms with Gasteiger partial charge in [-0.05, 0) is 12.8 Å². The van der Waals surface area contributed by atoms with Gasteiger partial charge < -0.3 is 10.8 Å². The van der Waals surface area contributed by atoms with Gasteiger partial charge >= 0.3 is 0 Å². The molecule has 0 aliphatic heterocycles. The van der Waals surface area contributed by atoms with E-state index in [0.29, 0.717) is 0 Å². The highest BCUT2D eigenvalue weighted by Crippen LogP contribution is 2.44. The first kappa shape index (κ1) is 8.72. The lowest BCUT2D eigenvalue weighted by molar-refractivity contribution is 0.250. The zero-order chi connectivity index (χ0) is 6.20. The lowest BCUT2D eigenvalue weighted by Gasteiger charge is -2.06. The molecule has 9 heavy (non-hydrogen) atoms. The number of aliphatic hydroxyl groups is 1. The third-order valence-electron chi connectivity index (χ3n) is 1.73. The third kappa shape index (κ3) is 1.34. The van der Waals surface area contributed by atoms with Gasteiger partial charge in [-0.15, -0.1) is 12.4 Å². The SMILES string of the molecule is Cl.N=C(N)C1(CO)CC1. The van der Waals surface area contributed by atoms with Crippen molar-refractivity contribution in [3.05, 3.63) is 0 Å². The summed E-state index contributed by atoms with van der Waals surface area (Å²) in [7, 11) is 0. The number of hydrogen-bond donors (Lipinski definition) is 3. The summed E-state index contributed by atoms with van der Waals surface area (Å²) in [5.74, 6) is 0.139. The summed E-state index contributed by atoms with van der Waals surface area (Å²) in [6, 6.07) is 0. The van der Waals surface area contributed by atoms with Crippen LogP contribution in [-0.4, -0.2) is 17.5 Å². The van der Waals surface area contributed by atoms with Gasteiger partial charge in [0.1, 0.15) is 0 Å². The number of halogens is 1. The highest BCUT2D eigenvalue weighted by molar-refractivity contribution is 5.86. The minimum absolute atomic E-state index is 0. The molecule has 1 fully saturated rings. The standard InChI is InChI=1S/C5H10N2O.ClH/c6-4(7)5(3-8)1-2-5;/h8H,1-3H2,(H3,6,7);1H. The summed E-state index contributed by atoms with van der Waals surface area (Å²) in [6.07, 6.45) is 1.78. The molecule has 0 aromatic carbocycles. The van der Waals surface area contributed by atoms with Crippen molar-refractivity contribution in [3.8, 4) is 0 Å². The van der Waals surface area contributed by atoms with E-state index in [1.54, 1.807) is 0 Å². The predicted octanol–water partition coefficient (Wildman–Crippen LogP) is 0.117. The van der Waals surface area contributed by atoms with Gasteiger partial charge in [-0.1, -0.05) is 0 Å². The van der Waals surface area contributed by atoms with Crippen LogP contribution in [0.5, 0.6) is 0 Å². The van der Waals surface area contributed by atoms with Gasteiger partial charge in [-0.25, -0.2) is 0 Å². The molecule has 3 nitrogen and oxygen atoms in total. The maximum Gasteiger partial charge on any atom is 0.0992 e. The molecule has 0 radical (unpaired) electrons. The van der Waals surface area contributed by atoms with Gasteiger partial charge in [-0.3, -0.25) is 5.41 Å². The Kier molecular flexibility index (Phi) is 2.46. The molecule has 0 aromatic heterocycles. The number of amidine groups is 1. The molecule has 1 aliphatic carbocycles. The summed E-state index contributed by atoms with van der Waals surface area (Å²) >= 11 is 0. The maximum atomic E-state index is 8.61. The number of rotatable bonds is 2. The van der Waals surface area contributed by atoms with E-state index in [2.05, 4.69) is 0 Å². The Morgan fingerprint density at radius 3 is 2.11 bits per heavy atom. The van der Waals surface area contributed by atoms with Crippen LogP contribution in [0.1, 0.15) is 12.8 Å². The number of nitrogens with two attached hydrogens (primary N) is 1. The highest BCUT2D eigenvalue weighted by Gasteiger charge is 2.45. The topological polar surface area (TPSA) is 70.1 Å². The number of nitrogens with one attached hydrogen (secondary N) is 1. The van der Waals surface area contributed by atoms with Crippen LogP contribution in [0.3, 0.4) is 0 Å². The van der Waals surface area contributed by atoms with E-state index in [1.165, 1.54) is 0 Å². The molecule has 4 heteroatoms. The fourth-order valence-corrected chi connectivity index (χ4v) is 0.664. The fourth-order valence-electron chi connectivity index (χ4n) is 0.664. The van der Waals surface area contributed by atoms with Crippen molar-refractivity contribution < 1.29 is 5.11 Å². The quantitative estimate of drug-likeness (QED) is 0.387. The van der Waals surface area contributed by atoms with Gasteiger partial charge in [0.15, 0.2) is 0 Å². The Balaban J connectivity index is 0.000000640. The van der Waals surface area contributed by atoms with E-state index >= 15 is 0 Å². The van der Waals surface area contributed by atoms with Gasteiger partial charge in [0, 0.05) is 0 Å². The molecule has 4 N–H and O–H groups in total. The summed E-state index contributed by atoms with van der Waals surface area (Å²) in [6.45, 7) is 0.0440. The minimum atomic E-state index is -0.292. The van der Waals surface area contributed by atoms with E-state index in [-0.39, 0.29) is 30.3 Å². The number of aliphatic hydroxyl groups excluding tert-OH is 1. The lowest BCUT2D eigenvalue weighted by Crippen LogP contribution is -2.26. The van der Waals surface area contributed by atoms with E-state index in [0.717, 1.165) is 12.8 Å². The smallest absolute Gasteiger partial charge is 0.0992 e. The second kappa shape index (κ2) is 2.54. The van der Waals surface area contributed by atoms with Crippen LogP contribution in [0, 0.1) is 10.8 Å². The Bertz CT molecular complexity index is 122. The van der Waals surface area contributed by atoms with Crippen LogP contribution in [0.25, 0.3) is 0 Å². The van der Waals surface area contributed by atoms with Crippen molar-refractivity contribution in [2.45, 2.75) is 12.8 Å². The molecule has 1 aliphatic rings. The first-order valence-corrected chi connectivity index (χ1v) is 2.67. The zero-order valence-electron chi connectivity index (χ0n) is 5.05. The molecule has 0 spiro atoms. The molecule has 1 rings (SSSR count). The van der Waals surface area contributed by atoms with Crippen molar-refractivity contribution in [1.29, 1.82) is 5.41 Å². The van der Waals surface area contributed by atoms with Crippen molar-refractivity contribution in [1.82, 2.24) is 0 Å². The van der Waals surface area contributed by atoms with Gasteiger partial charge in [0.25, 0.3) is 0 Å². The van der Waals surface area contributed by atoms with Crippen LogP contribution < -0.4 is 5.73 Å². The van der Waals surface area contributed by atoms with Crippen molar-refractivity contribution in [3.63, 3.8) is 0 Å². The Morgan fingerprint density at radius 2 is 2.11 bits per heavy atom. The van der Waals surface area contributed by atoms with Gasteiger partial charge in [0.05, 0.1) is 17.9 Å². The second-order valence-corrected chi connectivity index (χ2v) is 2.35. The fraction of sp³-hybridized carbons (Fsp3) is 0.800. The molecule has 0 amide bonds. The Labute approximate surface area is 60.2 Å². The van der Waals surface area contributed by atoms with Crippen molar-refractivity contribution >= 4 is 18.2 Å². The average molecular weight is 151 g/mol. The molecule has 0 unspecified atom stereocenters. The normalized spacial score (nSPS) is 20.1. The average Bonchev–Trinajstić information content (AvgIpc) is 2.44. The molecule has 0 bridgehead atoms. The molecular weight excluding hydrogens is 140 g/mol. The zero-order valence-corrected chi connectivity index (χ0v) is 5.87. The summed E-state index contributed by atoms with van der Waals surface area (Å²) < 4.78 is 0. The van der Waals surface area contributed by atoms with Gasteiger partial charge in [0.2, 0.25) is 0 Å². The van der Waals surface area contributed by atoms with Crippen molar-refractivity contribution in [2.24, 2.45) is 11.1 Å². The molecule has 0 atom stereocenters. The largest absolute Gasteiger partial charge is 0.395 e. The minimum Gasteiger partial charge on any atom is -0.395 e. The first-order valence-electron chi connectivity index (χ1n) is 2.67. The summed E-state index contributed by atoms with van der Waals surface area (Å²) in [4.78, 5) is 0. The highest BCUT2D eigenvalue weighted by atomic mass is 35.5. The van der Waals surface area contributed by atoms with Crippen molar-refractivity contribution in [2.75, 3.05) is 6.61 Å². The van der Waals surface area contributed by atoms with E-state index in [1.807, 2.05) is 0 Å². The molecular formula is C5H11ClN2O. The monoisotopic (exact) mass is 150 g/mol. The second-order valence-electron chi connectivity index (χ2n) is 2.35. The Morgan fingerprint density at radius 1 is 1.67 bits per heavy atom. The molecule has 0 aromatic rings. The molecule has 0 saturated heterocycles. The summed E-state index contributed by atoms with van der Waals surface area (Å²) in [5.41, 5.74) is 4.87. The lowest BCUT2D eigenvalue weighted by atomic mass is 10.1.